The molecule has 0 saturated heterocycles. The lowest BCUT2D eigenvalue weighted by Crippen LogP contribution is -2.03. The molecule has 0 amide bonds. The molecule has 3 rings (SSSR count). The van der Waals surface area contributed by atoms with E-state index in [2.05, 4.69) is 25.7 Å². The van der Waals surface area contributed by atoms with E-state index in [-0.39, 0.29) is 5.82 Å². The quantitative estimate of drug-likeness (QED) is 0.765. The molecule has 1 aromatic carbocycles. The number of halogens is 1. The molecular formula is C13H13FN6. The minimum Gasteiger partial charge on any atom is -0.357 e. The molecular weight excluding hydrogens is 259 g/mol. The molecule has 0 atom stereocenters. The van der Waals surface area contributed by atoms with Crippen molar-refractivity contribution in [3.63, 3.8) is 0 Å². The van der Waals surface area contributed by atoms with Crippen molar-refractivity contribution < 1.29 is 4.39 Å². The van der Waals surface area contributed by atoms with Gasteiger partial charge in [0.2, 0.25) is 5.95 Å². The van der Waals surface area contributed by atoms with Gasteiger partial charge in [-0.1, -0.05) is 0 Å². The average Bonchev–Trinajstić information content (AvgIpc) is 2.83. The van der Waals surface area contributed by atoms with E-state index in [1.165, 1.54) is 12.1 Å². The first-order valence-corrected chi connectivity index (χ1v) is 6.07. The normalized spacial score (nSPS) is 10.8. The van der Waals surface area contributed by atoms with Crippen LogP contribution in [0, 0.1) is 5.82 Å². The van der Waals surface area contributed by atoms with Gasteiger partial charge in [0.15, 0.2) is 5.65 Å². The highest BCUT2D eigenvalue weighted by Gasteiger charge is 2.11. The average molecular weight is 272 g/mol. The van der Waals surface area contributed by atoms with E-state index in [0.717, 1.165) is 11.1 Å². The maximum Gasteiger partial charge on any atom is 0.226 e. The Labute approximate surface area is 114 Å². The summed E-state index contributed by atoms with van der Waals surface area (Å²) < 4.78 is 14.6. The van der Waals surface area contributed by atoms with Gasteiger partial charge in [0.05, 0.1) is 11.6 Å². The Bertz CT molecular complexity index is 749. The molecule has 0 aliphatic heterocycles. The number of benzene rings is 1. The Hall–Kier alpha value is -2.70. The highest BCUT2D eigenvalue weighted by atomic mass is 19.1. The third-order valence-corrected chi connectivity index (χ3v) is 2.92. The van der Waals surface area contributed by atoms with Gasteiger partial charge in [-0.3, -0.25) is 4.68 Å². The number of nitrogens with zero attached hydrogens (tertiary/aromatic N) is 4. The predicted octanol–water partition coefficient (Wildman–Crippen LogP) is 2.29. The van der Waals surface area contributed by atoms with Gasteiger partial charge in [-0.25, -0.2) is 4.39 Å². The zero-order chi connectivity index (χ0) is 14.1. The molecule has 0 aliphatic rings. The molecule has 0 radical (unpaired) electrons. The third kappa shape index (κ3) is 2.13. The van der Waals surface area contributed by atoms with E-state index in [4.69, 9.17) is 0 Å². The summed E-state index contributed by atoms with van der Waals surface area (Å²) in [6, 6.07) is 6.09. The van der Waals surface area contributed by atoms with Gasteiger partial charge in [0, 0.05) is 19.8 Å². The van der Waals surface area contributed by atoms with E-state index in [9.17, 15) is 4.39 Å². The molecule has 2 aromatic heterocycles. The Morgan fingerprint density at radius 1 is 1.15 bits per heavy atom. The first kappa shape index (κ1) is 12.3. The summed E-state index contributed by atoms with van der Waals surface area (Å²) >= 11 is 0. The van der Waals surface area contributed by atoms with Crippen LogP contribution in [-0.2, 0) is 7.05 Å². The van der Waals surface area contributed by atoms with Crippen molar-refractivity contribution in [2.75, 3.05) is 17.7 Å². The van der Waals surface area contributed by atoms with E-state index in [0.29, 0.717) is 17.4 Å². The van der Waals surface area contributed by atoms with Crippen molar-refractivity contribution in [2.24, 2.45) is 7.05 Å². The molecule has 0 unspecified atom stereocenters. The topological polar surface area (TPSA) is 67.7 Å². The standard InChI is InChI=1S/C13H13FN6/c1-15-13-18-11(10-7-16-20(2)12(10)19-13)17-9-5-3-8(14)4-6-9/h3-7H,1-2H3,(H2,15,17,18,19). The van der Waals surface area contributed by atoms with Crippen LogP contribution in [0.3, 0.4) is 0 Å². The Morgan fingerprint density at radius 3 is 2.60 bits per heavy atom. The molecule has 7 heteroatoms. The van der Waals surface area contributed by atoms with Crippen molar-refractivity contribution in [1.29, 1.82) is 0 Å². The number of hydrogen-bond acceptors (Lipinski definition) is 5. The fraction of sp³-hybridized carbons (Fsp3) is 0.154. The highest BCUT2D eigenvalue weighted by molar-refractivity contribution is 5.89. The summed E-state index contributed by atoms with van der Waals surface area (Å²) in [6.45, 7) is 0. The molecule has 0 saturated carbocycles. The largest absolute Gasteiger partial charge is 0.357 e. The fourth-order valence-corrected chi connectivity index (χ4v) is 1.90. The van der Waals surface area contributed by atoms with Crippen molar-refractivity contribution in [3.05, 3.63) is 36.3 Å². The van der Waals surface area contributed by atoms with Gasteiger partial charge in [-0.05, 0) is 24.3 Å². The van der Waals surface area contributed by atoms with Crippen LogP contribution in [0.15, 0.2) is 30.5 Å². The lowest BCUT2D eigenvalue weighted by Gasteiger charge is -2.08. The van der Waals surface area contributed by atoms with Crippen molar-refractivity contribution in [2.45, 2.75) is 0 Å². The van der Waals surface area contributed by atoms with Crippen LogP contribution in [0.2, 0.25) is 0 Å². The number of rotatable bonds is 3. The number of nitrogens with one attached hydrogen (secondary N) is 2. The van der Waals surface area contributed by atoms with Gasteiger partial charge in [-0.15, -0.1) is 0 Å². The molecule has 3 aromatic rings. The second kappa shape index (κ2) is 4.76. The second-order valence-electron chi connectivity index (χ2n) is 4.28. The fourth-order valence-electron chi connectivity index (χ4n) is 1.90. The van der Waals surface area contributed by atoms with Crippen molar-refractivity contribution >= 4 is 28.5 Å². The molecule has 0 spiro atoms. The molecule has 102 valence electrons. The number of aromatic nitrogens is 4. The monoisotopic (exact) mass is 272 g/mol. The maximum atomic E-state index is 12.9. The Kier molecular flexibility index (Phi) is 2.94. The van der Waals surface area contributed by atoms with E-state index in [1.807, 2.05) is 7.05 Å². The van der Waals surface area contributed by atoms with E-state index in [1.54, 1.807) is 30.1 Å². The zero-order valence-corrected chi connectivity index (χ0v) is 11.1. The first-order valence-electron chi connectivity index (χ1n) is 6.07. The van der Waals surface area contributed by atoms with Crippen LogP contribution >= 0.6 is 0 Å². The zero-order valence-electron chi connectivity index (χ0n) is 11.1. The van der Waals surface area contributed by atoms with Crippen LogP contribution < -0.4 is 10.6 Å². The maximum absolute atomic E-state index is 12.9. The molecule has 2 N–H and O–H groups in total. The first-order chi connectivity index (χ1) is 9.67. The summed E-state index contributed by atoms with van der Waals surface area (Å²) in [6.07, 6.45) is 1.70. The van der Waals surface area contributed by atoms with Gasteiger partial charge < -0.3 is 10.6 Å². The number of anilines is 3. The van der Waals surface area contributed by atoms with Gasteiger partial charge in [0.1, 0.15) is 11.6 Å². The highest BCUT2D eigenvalue weighted by Crippen LogP contribution is 2.24. The van der Waals surface area contributed by atoms with E-state index >= 15 is 0 Å². The number of aryl methyl sites for hydroxylation is 1. The Morgan fingerprint density at radius 2 is 1.90 bits per heavy atom. The van der Waals surface area contributed by atoms with Crippen LogP contribution in [0.1, 0.15) is 0 Å². The smallest absolute Gasteiger partial charge is 0.226 e. The SMILES string of the molecule is CNc1nc(Nc2ccc(F)cc2)c2cnn(C)c2n1. The summed E-state index contributed by atoms with van der Waals surface area (Å²) in [4.78, 5) is 8.72. The summed E-state index contributed by atoms with van der Waals surface area (Å²) in [5, 5.41) is 11.0. The third-order valence-electron chi connectivity index (χ3n) is 2.92. The van der Waals surface area contributed by atoms with Crippen LogP contribution in [0.5, 0.6) is 0 Å². The summed E-state index contributed by atoms with van der Waals surface area (Å²) in [5.41, 5.74) is 1.46. The molecule has 0 aliphatic carbocycles. The molecule has 0 fully saturated rings. The molecule has 20 heavy (non-hydrogen) atoms. The van der Waals surface area contributed by atoms with Gasteiger partial charge in [-0.2, -0.15) is 15.1 Å². The molecule has 2 heterocycles. The summed E-state index contributed by atoms with van der Waals surface area (Å²) in [5.74, 6) is 0.838. The minimum atomic E-state index is -0.277. The predicted molar refractivity (Wildman–Crippen MR) is 75.5 cm³/mol. The van der Waals surface area contributed by atoms with Gasteiger partial charge in [0.25, 0.3) is 0 Å². The molecule has 0 bridgehead atoms. The minimum absolute atomic E-state index is 0.277. The van der Waals surface area contributed by atoms with E-state index < -0.39 is 0 Å². The second-order valence-corrected chi connectivity index (χ2v) is 4.28. The van der Waals surface area contributed by atoms with Crippen molar-refractivity contribution in [3.8, 4) is 0 Å². The molecule has 6 nitrogen and oxygen atoms in total. The van der Waals surface area contributed by atoms with Crippen LogP contribution in [-0.4, -0.2) is 26.8 Å². The summed E-state index contributed by atoms with van der Waals surface area (Å²) in [7, 11) is 3.57. The van der Waals surface area contributed by atoms with Gasteiger partial charge >= 0.3 is 0 Å². The number of fused-ring (bicyclic) bond motifs is 1. The van der Waals surface area contributed by atoms with Crippen LogP contribution in [0.25, 0.3) is 11.0 Å². The lowest BCUT2D eigenvalue weighted by atomic mass is 10.3. The van der Waals surface area contributed by atoms with Crippen LogP contribution in [0.4, 0.5) is 21.8 Å². The number of hydrogen-bond donors (Lipinski definition) is 2. The lowest BCUT2D eigenvalue weighted by molar-refractivity contribution is 0.628. The Balaban J connectivity index is 2.07. The van der Waals surface area contributed by atoms with Crippen molar-refractivity contribution in [1.82, 2.24) is 19.7 Å².